The minimum Gasteiger partial charge on any atom is -0.481 e. The van der Waals surface area contributed by atoms with E-state index in [0.717, 1.165) is 5.69 Å². The van der Waals surface area contributed by atoms with E-state index < -0.39 is 11.4 Å². The van der Waals surface area contributed by atoms with Gasteiger partial charge in [0.15, 0.2) is 0 Å². The van der Waals surface area contributed by atoms with Crippen molar-refractivity contribution in [3.8, 4) is 0 Å². The first-order valence-corrected chi connectivity index (χ1v) is 4.37. The van der Waals surface area contributed by atoms with Crippen molar-refractivity contribution in [2.45, 2.75) is 26.2 Å². The maximum atomic E-state index is 11.1. The van der Waals surface area contributed by atoms with Crippen LogP contribution >= 0.6 is 0 Å². The molecule has 0 aromatic carbocycles. The number of hydrogen-bond donors (Lipinski definition) is 2. The first-order valence-electron chi connectivity index (χ1n) is 4.37. The lowest BCUT2D eigenvalue weighted by molar-refractivity contribution is -0.145. The molecule has 0 amide bonds. The fraction of sp³-hybridized carbons (Fsp3) is 0.500. The van der Waals surface area contributed by atoms with Gasteiger partial charge < -0.3 is 10.1 Å². The molecule has 0 bridgehead atoms. The second-order valence-corrected chi connectivity index (χ2v) is 3.75. The molecule has 3 heteroatoms. The van der Waals surface area contributed by atoms with Crippen molar-refractivity contribution in [1.82, 2.24) is 4.98 Å². The number of carbonyl (C=O) groups is 1. The van der Waals surface area contributed by atoms with Gasteiger partial charge in [-0.2, -0.15) is 0 Å². The summed E-state index contributed by atoms with van der Waals surface area (Å²) in [4.78, 5) is 14.1. The molecule has 0 saturated carbocycles. The Morgan fingerprint density at radius 1 is 1.62 bits per heavy atom. The quantitative estimate of drug-likeness (QED) is 0.749. The van der Waals surface area contributed by atoms with E-state index in [4.69, 9.17) is 5.11 Å². The lowest BCUT2D eigenvalue weighted by atomic mass is 9.76. The number of aromatic nitrogens is 1. The van der Waals surface area contributed by atoms with Crippen LogP contribution in [0.25, 0.3) is 0 Å². The van der Waals surface area contributed by atoms with Gasteiger partial charge in [0.05, 0.1) is 0 Å². The molecule has 0 aliphatic heterocycles. The number of carboxylic acid groups (broad SMARTS) is 1. The van der Waals surface area contributed by atoms with Crippen LogP contribution in [0.5, 0.6) is 0 Å². The molecule has 1 aromatic heterocycles. The fourth-order valence-electron chi connectivity index (χ4n) is 1.33. The molecule has 0 radical (unpaired) electrons. The van der Waals surface area contributed by atoms with E-state index in [1.165, 1.54) is 0 Å². The minimum absolute atomic E-state index is 0.0589. The van der Waals surface area contributed by atoms with E-state index in [0.29, 0.717) is 0 Å². The zero-order chi connectivity index (χ0) is 10.1. The van der Waals surface area contributed by atoms with Gasteiger partial charge in [-0.15, -0.1) is 0 Å². The normalized spacial score (nSPS) is 15.7. The van der Waals surface area contributed by atoms with Gasteiger partial charge in [0.25, 0.3) is 0 Å². The summed E-state index contributed by atoms with van der Waals surface area (Å²) in [6.45, 7) is 5.57. The predicted molar refractivity (Wildman–Crippen MR) is 50.6 cm³/mol. The zero-order valence-corrected chi connectivity index (χ0v) is 8.16. The number of H-pyrrole nitrogens is 1. The molecular weight excluding hydrogens is 166 g/mol. The van der Waals surface area contributed by atoms with Crippen LogP contribution in [0.2, 0.25) is 0 Å². The van der Waals surface area contributed by atoms with Gasteiger partial charge in [0.1, 0.15) is 5.41 Å². The lowest BCUT2D eigenvalue weighted by Crippen LogP contribution is -2.38. The summed E-state index contributed by atoms with van der Waals surface area (Å²) in [6.07, 6.45) is 1.75. The molecular formula is C10H15NO2. The maximum absolute atomic E-state index is 11.1. The summed E-state index contributed by atoms with van der Waals surface area (Å²) in [7, 11) is 0. The van der Waals surface area contributed by atoms with Gasteiger partial charge in [0.2, 0.25) is 0 Å². The van der Waals surface area contributed by atoms with Crippen LogP contribution in [-0.2, 0) is 10.2 Å². The average molecular weight is 181 g/mol. The smallest absolute Gasteiger partial charge is 0.315 e. The highest BCUT2D eigenvalue weighted by atomic mass is 16.4. The number of carboxylic acids is 1. The van der Waals surface area contributed by atoms with Crippen molar-refractivity contribution in [1.29, 1.82) is 0 Å². The summed E-state index contributed by atoms with van der Waals surface area (Å²) in [5.41, 5.74) is -0.0567. The van der Waals surface area contributed by atoms with Crippen LogP contribution in [0.3, 0.4) is 0 Å². The van der Waals surface area contributed by atoms with Gasteiger partial charge in [0, 0.05) is 11.9 Å². The summed E-state index contributed by atoms with van der Waals surface area (Å²) in [5, 5.41) is 9.15. The highest BCUT2D eigenvalue weighted by Gasteiger charge is 2.39. The predicted octanol–water partition coefficient (Wildman–Crippen LogP) is 2.01. The fourth-order valence-corrected chi connectivity index (χ4v) is 1.33. The Morgan fingerprint density at radius 2 is 2.23 bits per heavy atom. The molecule has 0 aliphatic carbocycles. The van der Waals surface area contributed by atoms with Crippen molar-refractivity contribution in [2.24, 2.45) is 5.92 Å². The summed E-state index contributed by atoms with van der Waals surface area (Å²) in [5.74, 6) is -0.728. The van der Waals surface area contributed by atoms with Gasteiger partial charge in [-0.1, -0.05) is 13.8 Å². The summed E-state index contributed by atoms with van der Waals surface area (Å²) < 4.78 is 0. The molecule has 0 saturated heterocycles. The SMILES string of the molecule is CC(C)C(C)(C(=O)O)c1ccc[nH]1. The number of aliphatic carboxylic acids is 1. The van der Waals surface area contributed by atoms with Crippen LogP contribution < -0.4 is 0 Å². The highest BCUT2D eigenvalue weighted by molar-refractivity contribution is 5.80. The Balaban J connectivity index is 3.13. The number of nitrogens with one attached hydrogen (secondary N) is 1. The summed E-state index contributed by atoms with van der Waals surface area (Å²) in [6, 6.07) is 3.63. The van der Waals surface area contributed by atoms with E-state index in [1.807, 2.05) is 26.0 Å². The van der Waals surface area contributed by atoms with Crippen molar-refractivity contribution in [3.05, 3.63) is 24.0 Å². The van der Waals surface area contributed by atoms with Crippen LogP contribution in [-0.4, -0.2) is 16.1 Å². The Morgan fingerprint density at radius 3 is 2.54 bits per heavy atom. The molecule has 13 heavy (non-hydrogen) atoms. The van der Waals surface area contributed by atoms with Crippen LogP contribution in [0.4, 0.5) is 0 Å². The molecule has 1 unspecified atom stereocenters. The van der Waals surface area contributed by atoms with Crippen LogP contribution in [0.15, 0.2) is 18.3 Å². The largest absolute Gasteiger partial charge is 0.481 e. The molecule has 2 N–H and O–H groups in total. The first kappa shape index (κ1) is 9.84. The number of hydrogen-bond acceptors (Lipinski definition) is 1. The average Bonchev–Trinajstić information content (AvgIpc) is 2.54. The Labute approximate surface area is 77.8 Å². The third kappa shape index (κ3) is 1.46. The molecule has 0 spiro atoms. The second kappa shape index (κ2) is 3.24. The van der Waals surface area contributed by atoms with E-state index in [1.54, 1.807) is 13.1 Å². The Hall–Kier alpha value is -1.25. The van der Waals surface area contributed by atoms with Crippen molar-refractivity contribution < 1.29 is 9.90 Å². The lowest BCUT2D eigenvalue weighted by Gasteiger charge is -2.27. The first-order chi connectivity index (χ1) is 5.99. The molecule has 1 rings (SSSR count). The minimum atomic E-state index is -0.816. The van der Waals surface area contributed by atoms with E-state index >= 15 is 0 Å². The number of rotatable bonds is 3. The monoisotopic (exact) mass is 181 g/mol. The van der Waals surface area contributed by atoms with Crippen LogP contribution in [0.1, 0.15) is 26.5 Å². The second-order valence-electron chi connectivity index (χ2n) is 3.75. The molecule has 0 aliphatic rings. The Kier molecular flexibility index (Phi) is 2.45. The van der Waals surface area contributed by atoms with Crippen molar-refractivity contribution >= 4 is 5.97 Å². The zero-order valence-electron chi connectivity index (χ0n) is 8.16. The standard InChI is InChI=1S/C10H15NO2/c1-7(2)10(3,9(12)13)8-5-4-6-11-8/h4-7,11H,1-3H3,(H,12,13). The van der Waals surface area contributed by atoms with Gasteiger partial charge in [-0.05, 0) is 25.0 Å². The van der Waals surface area contributed by atoms with Gasteiger partial charge in [-0.25, -0.2) is 0 Å². The highest BCUT2D eigenvalue weighted by Crippen LogP contribution is 2.30. The van der Waals surface area contributed by atoms with Crippen LogP contribution in [0, 0.1) is 5.92 Å². The molecule has 1 aromatic rings. The topological polar surface area (TPSA) is 53.1 Å². The molecule has 1 atom stereocenters. The molecule has 0 fully saturated rings. The van der Waals surface area contributed by atoms with Crippen molar-refractivity contribution in [2.75, 3.05) is 0 Å². The van der Waals surface area contributed by atoms with E-state index in [-0.39, 0.29) is 5.92 Å². The number of aromatic amines is 1. The maximum Gasteiger partial charge on any atom is 0.315 e. The molecule has 3 nitrogen and oxygen atoms in total. The van der Waals surface area contributed by atoms with Gasteiger partial charge >= 0.3 is 5.97 Å². The molecule has 72 valence electrons. The van der Waals surface area contributed by atoms with Gasteiger partial charge in [-0.3, -0.25) is 4.79 Å². The summed E-state index contributed by atoms with van der Waals surface area (Å²) >= 11 is 0. The Bertz CT molecular complexity index is 290. The molecule has 1 heterocycles. The third-order valence-corrected chi connectivity index (χ3v) is 2.76. The van der Waals surface area contributed by atoms with E-state index in [2.05, 4.69) is 4.98 Å². The third-order valence-electron chi connectivity index (χ3n) is 2.76. The van der Waals surface area contributed by atoms with E-state index in [9.17, 15) is 4.79 Å². The van der Waals surface area contributed by atoms with Crippen molar-refractivity contribution in [3.63, 3.8) is 0 Å².